The van der Waals surface area contributed by atoms with Crippen LogP contribution in [0.3, 0.4) is 0 Å². The molecular weight excluding hydrogens is 208 g/mol. The molecule has 82 valence electrons. The summed E-state index contributed by atoms with van der Waals surface area (Å²) in [7, 11) is 1.52. The number of hydrogen-bond donors (Lipinski definition) is 2. The molecule has 0 saturated heterocycles. The average molecular weight is 218 g/mol. The number of nitrogens with zero attached hydrogens (tertiary/aromatic N) is 1. The first-order chi connectivity index (χ1) is 7.72. The number of H-pyrrole nitrogens is 1. The number of carbonyl (C=O) groups is 1. The SMILES string of the molecule is COc1cccc(-c2c[nH]cc2C(=O)O)n1. The lowest BCUT2D eigenvalue weighted by Crippen LogP contribution is -1.97. The maximum atomic E-state index is 10.9. The van der Waals surface area contributed by atoms with Crippen molar-refractivity contribution in [1.29, 1.82) is 0 Å². The van der Waals surface area contributed by atoms with E-state index in [2.05, 4.69) is 9.97 Å². The second-order valence-electron chi connectivity index (χ2n) is 3.15. The Morgan fingerprint density at radius 3 is 2.94 bits per heavy atom. The number of aromatic amines is 1. The van der Waals surface area contributed by atoms with Crippen LogP contribution in [0.15, 0.2) is 30.6 Å². The lowest BCUT2D eigenvalue weighted by molar-refractivity contribution is 0.0698. The number of aromatic nitrogens is 2. The third-order valence-corrected chi connectivity index (χ3v) is 2.18. The second kappa shape index (κ2) is 4.06. The van der Waals surface area contributed by atoms with Crippen molar-refractivity contribution >= 4 is 5.97 Å². The zero-order valence-electron chi connectivity index (χ0n) is 8.60. The molecule has 0 aliphatic rings. The van der Waals surface area contributed by atoms with Crippen LogP contribution in [-0.4, -0.2) is 28.2 Å². The van der Waals surface area contributed by atoms with Crippen LogP contribution >= 0.6 is 0 Å². The molecule has 0 fully saturated rings. The Hall–Kier alpha value is -2.30. The van der Waals surface area contributed by atoms with E-state index in [1.807, 2.05) is 0 Å². The standard InChI is InChI=1S/C11H10N2O3/c1-16-10-4-2-3-9(13-10)7-5-12-6-8(7)11(14)15/h2-6,12H,1H3,(H,14,15). The number of pyridine rings is 1. The van der Waals surface area contributed by atoms with Crippen LogP contribution in [0.25, 0.3) is 11.3 Å². The smallest absolute Gasteiger partial charge is 0.337 e. The molecule has 0 spiro atoms. The Labute approximate surface area is 91.7 Å². The van der Waals surface area contributed by atoms with Gasteiger partial charge in [-0.1, -0.05) is 6.07 Å². The summed E-state index contributed by atoms with van der Waals surface area (Å²) in [5.74, 6) is -0.532. The van der Waals surface area contributed by atoms with Gasteiger partial charge in [-0.25, -0.2) is 9.78 Å². The van der Waals surface area contributed by atoms with E-state index < -0.39 is 5.97 Å². The summed E-state index contributed by atoms with van der Waals surface area (Å²) in [5.41, 5.74) is 1.31. The molecule has 2 aromatic heterocycles. The molecule has 0 atom stereocenters. The van der Waals surface area contributed by atoms with Crippen LogP contribution < -0.4 is 4.74 Å². The Bertz CT molecular complexity index is 519. The molecular formula is C11H10N2O3. The summed E-state index contributed by atoms with van der Waals surface area (Å²) in [5, 5.41) is 8.96. The highest BCUT2D eigenvalue weighted by atomic mass is 16.5. The number of methoxy groups -OCH3 is 1. The summed E-state index contributed by atoms with van der Waals surface area (Å²) in [6, 6.07) is 5.20. The normalized spacial score (nSPS) is 10.1. The molecule has 5 heteroatoms. The van der Waals surface area contributed by atoms with Gasteiger partial charge in [0.05, 0.1) is 18.4 Å². The molecule has 0 aromatic carbocycles. The van der Waals surface area contributed by atoms with E-state index in [4.69, 9.17) is 9.84 Å². The van der Waals surface area contributed by atoms with Gasteiger partial charge in [-0.3, -0.25) is 0 Å². The highest BCUT2D eigenvalue weighted by molar-refractivity contribution is 5.95. The fraction of sp³-hybridized carbons (Fsp3) is 0.0909. The fourth-order valence-electron chi connectivity index (χ4n) is 1.43. The van der Waals surface area contributed by atoms with E-state index in [0.717, 1.165) is 0 Å². The van der Waals surface area contributed by atoms with Crippen molar-refractivity contribution in [1.82, 2.24) is 9.97 Å². The van der Waals surface area contributed by atoms with E-state index in [9.17, 15) is 4.79 Å². The number of rotatable bonds is 3. The van der Waals surface area contributed by atoms with Gasteiger partial charge in [0.15, 0.2) is 0 Å². The zero-order chi connectivity index (χ0) is 11.5. The highest BCUT2D eigenvalue weighted by Crippen LogP contribution is 2.23. The molecule has 0 bridgehead atoms. The Morgan fingerprint density at radius 1 is 1.44 bits per heavy atom. The molecule has 0 aliphatic carbocycles. The van der Waals surface area contributed by atoms with Gasteiger partial charge in [-0.05, 0) is 6.07 Å². The number of aromatic carboxylic acids is 1. The van der Waals surface area contributed by atoms with Crippen LogP contribution in [0.2, 0.25) is 0 Å². The average Bonchev–Trinajstić information content (AvgIpc) is 2.78. The van der Waals surface area contributed by atoms with E-state index in [1.54, 1.807) is 24.4 Å². The van der Waals surface area contributed by atoms with Gasteiger partial charge in [0.1, 0.15) is 0 Å². The lowest BCUT2D eigenvalue weighted by atomic mass is 10.1. The Morgan fingerprint density at radius 2 is 2.25 bits per heavy atom. The van der Waals surface area contributed by atoms with Crippen molar-refractivity contribution < 1.29 is 14.6 Å². The minimum atomic E-state index is -0.985. The topological polar surface area (TPSA) is 75.2 Å². The van der Waals surface area contributed by atoms with E-state index >= 15 is 0 Å². The maximum absolute atomic E-state index is 10.9. The third kappa shape index (κ3) is 1.75. The lowest BCUT2D eigenvalue weighted by Gasteiger charge is -2.02. The largest absolute Gasteiger partial charge is 0.481 e. The predicted octanol–water partition coefficient (Wildman–Crippen LogP) is 1.78. The van der Waals surface area contributed by atoms with Gasteiger partial charge >= 0.3 is 5.97 Å². The van der Waals surface area contributed by atoms with Crippen molar-refractivity contribution in [3.8, 4) is 17.1 Å². The molecule has 5 nitrogen and oxygen atoms in total. The van der Waals surface area contributed by atoms with Gasteiger partial charge in [0.2, 0.25) is 5.88 Å². The predicted molar refractivity (Wildman–Crippen MR) is 57.5 cm³/mol. The molecule has 16 heavy (non-hydrogen) atoms. The molecule has 0 saturated carbocycles. The first-order valence-corrected chi connectivity index (χ1v) is 4.64. The van der Waals surface area contributed by atoms with Gasteiger partial charge < -0.3 is 14.8 Å². The van der Waals surface area contributed by atoms with Crippen LogP contribution in [0, 0.1) is 0 Å². The van der Waals surface area contributed by atoms with Crippen LogP contribution in [0.5, 0.6) is 5.88 Å². The van der Waals surface area contributed by atoms with Crippen molar-refractivity contribution in [2.45, 2.75) is 0 Å². The van der Waals surface area contributed by atoms with Crippen molar-refractivity contribution in [3.63, 3.8) is 0 Å². The second-order valence-corrected chi connectivity index (χ2v) is 3.15. The molecule has 0 radical (unpaired) electrons. The minimum Gasteiger partial charge on any atom is -0.481 e. The van der Waals surface area contributed by atoms with E-state index in [0.29, 0.717) is 17.1 Å². The van der Waals surface area contributed by atoms with Gasteiger partial charge in [-0.2, -0.15) is 0 Å². The maximum Gasteiger partial charge on any atom is 0.337 e. The zero-order valence-corrected chi connectivity index (χ0v) is 8.60. The van der Waals surface area contributed by atoms with Gasteiger partial charge in [0, 0.05) is 24.0 Å². The van der Waals surface area contributed by atoms with Gasteiger partial charge in [0.25, 0.3) is 0 Å². The summed E-state index contributed by atoms with van der Waals surface area (Å²) in [4.78, 5) is 17.9. The van der Waals surface area contributed by atoms with E-state index in [-0.39, 0.29) is 5.56 Å². The summed E-state index contributed by atoms with van der Waals surface area (Å²) in [6.07, 6.45) is 3.03. The quantitative estimate of drug-likeness (QED) is 0.823. The first-order valence-electron chi connectivity index (χ1n) is 4.64. The summed E-state index contributed by atoms with van der Waals surface area (Å²) >= 11 is 0. The number of ether oxygens (including phenoxy) is 1. The molecule has 0 amide bonds. The number of carboxylic acids is 1. The molecule has 2 heterocycles. The van der Waals surface area contributed by atoms with Crippen molar-refractivity contribution in [2.24, 2.45) is 0 Å². The van der Waals surface area contributed by atoms with Crippen molar-refractivity contribution in [2.75, 3.05) is 7.11 Å². The molecule has 0 aliphatic heterocycles. The summed E-state index contributed by atoms with van der Waals surface area (Å²) < 4.78 is 4.98. The number of nitrogens with one attached hydrogen (secondary N) is 1. The fourth-order valence-corrected chi connectivity index (χ4v) is 1.43. The monoisotopic (exact) mass is 218 g/mol. The Balaban J connectivity index is 2.50. The summed E-state index contributed by atoms with van der Waals surface area (Å²) in [6.45, 7) is 0. The molecule has 2 rings (SSSR count). The van der Waals surface area contributed by atoms with Gasteiger partial charge in [-0.15, -0.1) is 0 Å². The molecule has 0 unspecified atom stereocenters. The number of hydrogen-bond acceptors (Lipinski definition) is 3. The molecule has 2 N–H and O–H groups in total. The minimum absolute atomic E-state index is 0.195. The molecule has 2 aromatic rings. The third-order valence-electron chi connectivity index (χ3n) is 2.18. The number of carboxylic acid groups (broad SMARTS) is 1. The van der Waals surface area contributed by atoms with Crippen LogP contribution in [0.1, 0.15) is 10.4 Å². The Kier molecular flexibility index (Phi) is 2.59. The van der Waals surface area contributed by atoms with Crippen LogP contribution in [0.4, 0.5) is 0 Å². The van der Waals surface area contributed by atoms with E-state index in [1.165, 1.54) is 13.3 Å². The van der Waals surface area contributed by atoms with Crippen LogP contribution in [-0.2, 0) is 0 Å². The first kappa shape index (κ1) is 10.2. The highest BCUT2D eigenvalue weighted by Gasteiger charge is 2.13. The van der Waals surface area contributed by atoms with Crippen molar-refractivity contribution in [3.05, 3.63) is 36.2 Å².